The number of hydrogen-bond donors (Lipinski definition) is 2. The first kappa shape index (κ1) is 15.5. The number of para-hydroxylation sites is 1. The van der Waals surface area contributed by atoms with Crippen LogP contribution in [0.2, 0.25) is 0 Å². The van der Waals surface area contributed by atoms with E-state index in [2.05, 4.69) is 10.6 Å². The lowest BCUT2D eigenvalue weighted by Crippen LogP contribution is -2.29. The number of halogens is 3. The van der Waals surface area contributed by atoms with Gasteiger partial charge in [0.05, 0.1) is 6.54 Å². The van der Waals surface area contributed by atoms with Gasteiger partial charge in [0.15, 0.2) is 0 Å². The molecule has 106 valence electrons. The second-order valence-corrected chi connectivity index (χ2v) is 4.26. The molecule has 2 N–H and O–H groups in total. The van der Waals surface area contributed by atoms with Crippen LogP contribution < -0.4 is 10.6 Å². The molecular formula is C13H17F3N2O. The minimum absolute atomic E-state index is 0.00614. The molecular weight excluding hydrogens is 257 g/mol. The summed E-state index contributed by atoms with van der Waals surface area (Å²) in [6, 6.07) is 7.31. The molecule has 1 amide bonds. The molecule has 19 heavy (non-hydrogen) atoms. The molecule has 0 aliphatic carbocycles. The second-order valence-electron chi connectivity index (χ2n) is 4.26. The van der Waals surface area contributed by atoms with Gasteiger partial charge >= 0.3 is 6.18 Å². The molecule has 0 aromatic heterocycles. The van der Waals surface area contributed by atoms with Gasteiger partial charge in [0, 0.05) is 12.1 Å². The van der Waals surface area contributed by atoms with Gasteiger partial charge in [-0.3, -0.25) is 4.79 Å². The first-order chi connectivity index (χ1) is 8.88. The maximum absolute atomic E-state index is 11.9. The van der Waals surface area contributed by atoms with Crippen molar-refractivity contribution in [1.29, 1.82) is 0 Å². The lowest BCUT2D eigenvalue weighted by molar-refractivity contribution is -0.135. The highest BCUT2D eigenvalue weighted by Gasteiger charge is 2.25. The number of carbonyl (C=O) groups is 1. The summed E-state index contributed by atoms with van der Waals surface area (Å²) in [6.07, 6.45) is -4.99. The Morgan fingerprint density at radius 3 is 2.58 bits per heavy atom. The summed E-state index contributed by atoms with van der Waals surface area (Å²) in [4.78, 5) is 11.5. The summed E-state index contributed by atoms with van der Waals surface area (Å²) in [5.41, 5.74) is 1.65. The van der Waals surface area contributed by atoms with Gasteiger partial charge in [0.25, 0.3) is 0 Å². The van der Waals surface area contributed by atoms with Gasteiger partial charge in [-0.15, -0.1) is 0 Å². The molecule has 0 unspecified atom stereocenters. The lowest BCUT2D eigenvalue weighted by atomic mass is 10.2. The van der Waals surface area contributed by atoms with E-state index in [1.807, 2.05) is 19.1 Å². The minimum Gasteiger partial charge on any atom is -0.325 e. The number of aryl methyl sites for hydroxylation is 1. The van der Waals surface area contributed by atoms with Crippen molar-refractivity contribution < 1.29 is 18.0 Å². The zero-order chi connectivity index (χ0) is 14.3. The first-order valence-corrected chi connectivity index (χ1v) is 6.01. The van der Waals surface area contributed by atoms with Gasteiger partial charge < -0.3 is 10.6 Å². The van der Waals surface area contributed by atoms with E-state index in [0.717, 1.165) is 5.56 Å². The van der Waals surface area contributed by atoms with Crippen LogP contribution in [-0.4, -0.2) is 25.2 Å². The quantitative estimate of drug-likeness (QED) is 0.783. The van der Waals surface area contributed by atoms with Crippen LogP contribution in [0.1, 0.15) is 18.4 Å². The topological polar surface area (TPSA) is 41.1 Å². The largest absolute Gasteiger partial charge is 0.389 e. The molecule has 0 fully saturated rings. The number of hydrogen-bond acceptors (Lipinski definition) is 2. The number of benzene rings is 1. The number of alkyl halides is 3. The Kier molecular flexibility index (Phi) is 5.82. The van der Waals surface area contributed by atoms with Crippen molar-refractivity contribution in [1.82, 2.24) is 5.32 Å². The molecule has 0 bridgehead atoms. The highest BCUT2D eigenvalue weighted by molar-refractivity contribution is 5.92. The summed E-state index contributed by atoms with van der Waals surface area (Å²) in [7, 11) is 0. The van der Waals surface area contributed by atoms with Crippen LogP contribution in [-0.2, 0) is 4.79 Å². The van der Waals surface area contributed by atoms with Crippen LogP contribution in [0, 0.1) is 6.92 Å². The molecule has 0 aliphatic heterocycles. The van der Waals surface area contributed by atoms with Gasteiger partial charge in [0.2, 0.25) is 5.91 Å². The molecule has 0 heterocycles. The van der Waals surface area contributed by atoms with E-state index >= 15 is 0 Å². The molecule has 0 saturated heterocycles. The Labute approximate surface area is 110 Å². The normalized spacial score (nSPS) is 11.4. The van der Waals surface area contributed by atoms with Gasteiger partial charge in [-0.1, -0.05) is 18.2 Å². The van der Waals surface area contributed by atoms with Crippen LogP contribution in [0.4, 0.5) is 18.9 Å². The molecule has 1 aromatic carbocycles. The van der Waals surface area contributed by atoms with Crippen LogP contribution >= 0.6 is 0 Å². The Hall–Kier alpha value is -1.56. The minimum atomic E-state index is -4.13. The van der Waals surface area contributed by atoms with Crippen molar-refractivity contribution in [2.24, 2.45) is 0 Å². The predicted octanol–water partition coefficient (Wildman–Crippen LogP) is 2.87. The highest BCUT2D eigenvalue weighted by atomic mass is 19.4. The monoisotopic (exact) mass is 274 g/mol. The maximum atomic E-state index is 11.9. The van der Waals surface area contributed by atoms with E-state index in [4.69, 9.17) is 0 Å². The van der Waals surface area contributed by atoms with E-state index in [0.29, 0.717) is 5.69 Å². The van der Waals surface area contributed by atoms with Crippen molar-refractivity contribution in [2.45, 2.75) is 25.9 Å². The van der Waals surface area contributed by atoms with Crippen molar-refractivity contribution in [2.75, 3.05) is 18.4 Å². The average molecular weight is 274 g/mol. The fourth-order valence-corrected chi connectivity index (χ4v) is 1.52. The highest BCUT2D eigenvalue weighted by Crippen LogP contribution is 2.20. The third kappa shape index (κ3) is 6.81. The fraction of sp³-hybridized carbons (Fsp3) is 0.462. The smallest absolute Gasteiger partial charge is 0.325 e. The summed E-state index contributed by atoms with van der Waals surface area (Å²) in [6.45, 7) is 2.04. The van der Waals surface area contributed by atoms with E-state index in [1.165, 1.54) is 0 Å². The van der Waals surface area contributed by atoms with E-state index in [-0.39, 0.29) is 25.4 Å². The Balaban J connectivity index is 2.20. The van der Waals surface area contributed by atoms with Gasteiger partial charge in [0.1, 0.15) is 0 Å². The maximum Gasteiger partial charge on any atom is 0.389 e. The second kappa shape index (κ2) is 7.13. The summed E-state index contributed by atoms with van der Waals surface area (Å²) < 4.78 is 35.6. The van der Waals surface area contributed by atoms with Crippen molar-refractivity contribution in [3.05, 3.63) is 29.8 Å². The van der Waals surface area contributed by atoms with Crippen LogP contribution in [0.3, 0.4) is 0 Å². The molecule has 0 atom stereocenters. The zero-order valence-corrected chi connectivity index (χ0v) is 10.7. The SMILES string of the molecule is Cc1ccccc1NC(=O)CNCCCC(F)(F)F. The molecule has 0 aliphatic rings. The molecule has 0 saturated carbocycles. The number of carbonyl (C=O) groups excluding carboxylic acids is 1. The summed E-state index contributed by atoms with van der Waals surface area (Å²) in [5, 5.41) is 5.38. The third-order valence-corrected chi connectivity index (χ3v) is 2.52. The van der Waals surface area contributed by atoms with Crippen molar-refractivity contribution in [3.8, 4) is 0 Å². The van der Waals surface area contributed by atoms with E-state index < -0.39 is 12.6 Å². The summed E-state index contributed by atoms with van der Waals surface area (Å²) in [5.74, 6) is -0.263. The summed E-state index contributed by atoms with van der Waals surface area (Å²) >= 11 is 0. The Morgan fingerprint density at radius 1 is 1.26 bits per heavy atom. The molecule has 3 nitrogen and oxygen atoms in total. The molecule has 1 rings (SSSR count). The van der Waals surface area contributed by atoms with Crippen LogP contribution in [0.5, 0.6) is 0 Å². The molecule has 6 heteroatoms. The molecule has 1 aromatic rings. The molecule has 0 radical (unpaired) electrons. The van der Waals surface area contributed by atoms with Crippen LogP contribution in [0.25, 0.3) is 0 Å². The molecule has 0 spiro atoms. The Morgan fingerprint density at radius 2 is 1.95 bits per heavy atom. The number of anilines is 1. The first-order valence-electron chi connectivity index (χ1n) is 6.01. The third-order valence-electron chi connectivity index (χ3n) is 2.52. The number of nitrogens with one attached hydrogen (secondary N) is 2. The lowest BCUT2D eigenvalue weighted by Gasteiger charge is -2.09. The fourth-order valence-electron chi connectivity index (χ4n) is 1.52. The average Bonchev–Trinajstić information content (AvgIpc) is 2.30. The number of amides is 1. The van der Waals surface area contributed by atoms with Gasteiger partial charge in [-0.2, -0.15) is 13.2 Å². The number of rotatable bonds is 6. The Bertz CT molecular complexity index is 419. The van der Waals surface area contributed by atoms with E-state index in [9.17, 15) is 18.0 Å². The standard InChI is InChI=1S/C13H17F3N2O/c1-10-5-2-3-6-11(10)18-12(19)9-17-8-4-7-13(14,15)16/h2-3,5-6,17H,4,7-9H2,1H3,(H,18,19). The zero-order valence-electron chi connectivity index (χ0n) is 10.7. The van der Waals surface area contributed by atoms with Crippen molar-refractivity contribution >= 4 is 11.6 Å². The van der Waals surface area contributed by atoms with Crippen molar-refractivity contribution in [3.63, 3.8) is 0 Å². The van der Waals surface area contributed by atoms with Crippen LogP contribution in [0.15, 0.2) is 24.3 Å². The van der Waals surface area contributed by atoms with E-state index in [1.54, 1.807) is 12.1 Å². The van der Waals surface area contributed by atoms with Gasteiger partial charge in [-0.25, -0.2) is 0 Å². The predicted molar refractivity (Wildman–Crippen MR) is 68.0 cm³/mol. The van der Waals surface area contributed by atoms with Gasteiger partial charge in [-0.05, 0) is 31.5 Å².